The molecule has 2 aromatic heterocycles. The maximum absolute atomic E-state index is 12.7. The monoisotopic (exact) mass is 481 g/mol. The van der Waals surface area contributed by atoms with E-state index in [9.17, 15) is 9.59 Å². The SMILES string of the molecule is CC.O=C(O)c1ccn(C(=O)N2CCC3(CCN(Cc4cccc(-c5nccs5)c4)C3)CC2)n1. The molecule has 34 heavy (non-hydrogen) atoms. The highest BCUT2D eigenvalue weighted by Gasteiger charge is 2.41. The van der Waals surface area contributed by atoms with Gasteiger partial charge in [0.1, 0.15) is 5.01 Å². The van der Waals surface area contributed by atoms with Crippen LogP contribution in [-0.4, -0.2) is 67.9 Å². The maximum atomic E-state index is 12.7. The van der Waals surface area contributed by atoms with Crippen LogP contribution in [0.2, 0.25) is 0 Å². The van der Waals surface area contributed by atoms with Gasteiger partial charge in [0, 0.05) is 49.5 Å². The van der Waals surface area contributed by atoms with Crippen LogP contribution in [0.15, 0.2) is 48.1 Å². The van der Waals surface area contributed by atoms with Gasteiger partial charge in [-0.1, -0.05) is 32.0 Å². The molecule has 0 saturated carbocycles. The first-order valence-electron chi connectivity index (χ1n) is 11.8. The molecule has 180 valence electrons. The highest BCUT2D eigenvalue weighted by atomic mass is 32.1. The number of thiazole rings is 1. The highest BCUT2D eigenvalue weighted by Crippen LogP contribution is 2.41. The topological polar surface area (TPSA) is 91.6 Å². The summed E-state index contributed by atoms with van der Waals surface area (Å²) in [6, 6.07) is 9.73. The van der Waals surface area contributed by atoms with Crippen molar-refractivity contribution in [2.24, 2.45) is 5.41 Å². The average Bonchev–Trinajstić information content (AvgIpc) is 3.63. The Morgan fingerprint density at radius 1 is 1.12 bits per heavy atom. The first-order chi connectivity index (χ1) is 16.5. The Hall–Kier alpha value is -3.04. The molecular formula is C25H31N5O3S. The van der Waals surface area contributed by atoms with Crippen LogP contribution in [0.5, 0.6) is 0 Å². The summed E-state index contributed by atoms with van der Waals surface area (Å²) >= 11 is 1.66. The van der Waals surface area contributed by atoms with Gasteiger partial charge in [0.05, 0.1) is 0 Å². The number of piperidine rings is 1. The van der Waals surface area contributed by atoms with Crippen LogP contribution in [0, 0.1) is 5.41 Å². The largest absolute Gasteiger partial charge is 0.476 e. The molecule has 0 aliphatic carbocycles. The number of amides is 1. The fourth-order valence-electron chi connectivity index (χ4n) is 4.86. The van der Waals surface area contributed by atoms with E-state index < -0.39 is 5.97 Å². The Bertz CT molecular complexity index is 1120. The summed E-state index contributed by atoms with van der Waals surface area (Å²) in [5.74, 6) is -1.13. The summed E-state index contributed by atoms with van der Waals surface area (Å²) in [5.41, 5.74) is 2.61. The van der Waals surface area contributed by atoms with E-state index in [2.05, 4.69) is 39.2 Å². The highest BCUT2D eigenvalue weighted by molar-refractivity contribution is 7.13. The molecule has 9 heteroatoms. The van der Waals surface area contributed by atoms with Gasteiger partial charge in [-0.25, -0.2) is 14.6 Å². The van der Waals surface area contributed by atoms with Crippen LogP contribution in [0.3, 0.4) is 0 Å². The number of aromatic nitrogens is 3. The van der Waals surface area contributed by atoms with Gasteiger partial charge in [-0.15, -0.1) is 11.3 Å². The van der Waals surface area contributed by atoms with Crippen molar-refractivity contribution in [1.29, 1.82) is 0 Å². The second-order valence-electron chi connectivity index (χ2n) is 8.72. The van der Waals surface area contributed by atoms with Gasteiger partial charge in [0.15, 0.2) is 5.69 Å². The number of carboxylic acid groups (broad SMARTS) is 1. The number of aromatic carboxylic acids is 1. The lowest BCUT2D eigenvalue weighted by Crippen LogP contribution is -2.45. The molecule has 1 amide bonds. The lowest BCUT2D eigenvalue weighted by molar-refractivity contribution is 0.0689. The average molecular weight is 482 g/mol. The van der Waals surface area contributed by atoms with E-state index in [1.54, 1.807) is 16.2 Å². The summed E-state index contributed by atoms with van der Waals surface area (Å²) in [5, 5.41) is 15.9. The number of likely N-dealkylation sites (tertiary alicyclic amines) is 2. The fraction of sp³-hybridized carbons (Fsp3) is 0.440. The third-order valence-electron chi connectivity index (χ3n) is 6.63. The molecule has 0 bridgehead atoms. The number of benzene rings is 1. The summed E-state index contributed by atoms with van der Waals surface area (Å²) in [6.45, 7) is 8.38. The van der Waals surface area contributed by atoms with E-state index >= 15 is 0 Å². The Balaban J connectivity index is 0.00000133. The minimum absolute atomic E-state index is 0.114. The minimum Gasteiger partial charge on any atom is -0.476 e. The molecular weight excluding hydrogens is 450 g/mol. The number of hydrogen-bond acceptors (Lipinski definition) is 6. The van der Waals surface area contributed by atoms with Crippen molar-refractivity contribution >= 4 is 23.3 Å². The van der Waals surface area contributed by atoms with Gasteiger partial charge < -0.3 is 10.0 Å². The number of hydrogen-bond donors (Lipinski definition) is 1. The van der Waals surface area contributed by atoms with E-state index in [4.69, 9.17) is 5.11 Å². The maximum Gasteiger partial charge on any atom is 0.356 e. The van der Waals surface area contributed by atoms with E-state index in [1.807, 2.05) is 25.4 Å². The zero-order valence-corrected chi connectivity index (χ0v) is 20.5. The molecule has 8 nitrogen and oxygen atoms in total. The van der Waals surface area contributed by atoms with Crippen LogP contribution in [0.1, 0.15) is 49.2 Å². The molecule has 2 fully saturated rings. The van der Waals surface area contributed by atoms with Gasteiger partial charge in [-0.3, -0.25) is 4.90 Å². The van der Waals surface area contributed by atoms with E-state index in [1.165, 1.54) is 23.4 Å². The lowest BCUT2D eigenvalue weighted by Gasteiger charge is -2.39. The Kier molecular flexibility index (Phi) is 7.43. The van der Waals surface area contributed by atoms with E-state index in [-0.39, 0.29) is 17.1 Å². The predicted octanol–water partition coefficient (Wildman–Crippen LogP) is 4.69. The fourth-order valence-corrected chi connectivity index (χ4v) is 5.49. The van der Waals surface area contributed by atoms with Crippen molar-refractivity contribution in [3.05, 3.63) is 59.4 Å². The van der Waals surface area contributed by atoms with Crippen molar-refractivity contribution in [2.75, 3.05) is 26.2 Å². The molecule has 1 spiro atoms. The normalized spacial score (nSPS) is 17.4. The molecule has 2 aliphatic heterocycles. The zero-order chi connectivity index (χ0) is 24.1. The van der Waals surface area contributed by atoms with Crippen molar-refractivity contribution in [1.82, 2.24) is 24.6 Å². The molecule has 2 aliphatic rings. The second kappa shape index (κ2) is 10.5. The summed E-state index contributed by atoms with van der Waals surface area (Å²) in [6.07, 6.45) is 6.33. The third-order valence-corrected chi connectivity index (χ3v) is 7.45. The Morgan fingerprint density at radius 2 is 1.88 bits per heavy atom. The summed E-state index contributed by atoms with van der Waals surface area (Å²) in [4.78, 5) is 32.4. The Labute approximate surface area is 203 Å². The van der Waals surface area contributed by atoms with Crippen LogP contribution < -0.4 is 0 Å². The van der Waals surface area contributed by atoms with E-state index in [0.29, 0.717) is 13.1 Å². The number of carbonyl (C=O) groups excluding carboxylic acids is 1. The number of nitrogens with zero attached hydrogens (tertiary/aromatic N) is 5. The zero-order valence-electron chi connectivity index (χ0n) is 19.7. The van der Waals surface area contributed by atoms with Gasteiger partial charge in [0.2, 0.25) is 0 Å². The summed E-state index contributed by atoms with van der Waals surface area (Å²) in [7, 11) is 0. The first-order valence-corrected chi connectivity index (χ1v) is 12.7. The van der Waals surface area contributed by atoms with E-state index in [0.717, 1.165) is 48.6 Å². The molecule has 1 N–H and O–H groups in total. The smallest absolute Gasteiger partial charge is 0.356 e. The van der Waals surface area contributed by atoms with Crippen molar-refractivity contribution < 1.29 is 14.7 Å². The number of carboxylic acids is 1. The molecule has 0 unspecified atom stereocenters. The van der Waals surface area contributed by atoms with Gasteiger partial charge in [-0.2, -0.15) is 9.78 Å². The van der Waals surface area contributed by atoms with Crippen LogP contribution >= 0.6 is 11.3 Å². The second-order valence-corrected chi connectivity index (χ2v) is 9.61. The molecule has 3 aromatic rings. The first kappa shape index (κ1) is 24.1. The minimum atomic E-state index is -1.13. The number of rotatable bonds is 4. The molecule has 0 atom stereocenters. The third kappa shape index (κ3) is 5.20. The van der Waals surface area contributed by atoms with Gasteiger partial charge >= 0.3 is 12.0 Å². The molecule has 1 aromatic carbocycles. The quantitative estimate of drug-likeness (QED) is 0.581. The number of carbonyl (C=O) groups is 2. The van der Waals surface area contributed by atoms with Crippen molar-refractivity contribution in [3.63, 3.8) is 0 Å². The molecule has 4 heterocycles. The molecule has 5 rings (SSSR count). The predicted molar refractivity (Wildman–Crippen MR) is 132 cm³/mol. The van der Waals surface area contributed by atoms with Gasteiger partial charge in [0.25, 0.3) is 0 Å². The van der Waals surface area contributed by atoms with Crippen LogP contribution in [-0.2, 0) is 6.54 Å². The lowest BCUT2D eigenvalue weighted by atomic mass is 9.78. The summed E-state index contributed by atoms with van der Waals surface area (Å²) < 4.78 is 1.14. The standard InChI is InChI=1S/C23H25N5O3S.C2H6/c29-21(30)19-4-9-28(25-19)22(31)27-11-6-23(7-12-27)5-10-26(16-23)15-17-2-1-3-18(14-17)20-24-8-13-32-20;1-2/h1-4,8-9,13-14H,5-7,10-12,15-16H2,(H,29,30);1-2H3. The van der Waals surface area contributed by atoms with Crippen molar-refractivity contribution in [3.8, 4) is 10.6 Å². The molecule has 2 saturated heterocycles. The van der Waals surface area contributed by atoms with Crippen LogP contribution in [0.4, 0.5) is 4.79 Å². The Morgan fingerprint density at radius 3 is 2.56 bits per heavy atom. The van der Waals surface area contributed by atoms with Gasteiger partial charge in [-0.05, 0) is 48.9 Å². The molecule has 0 radical (unpaired) electrons. The van der Waals surface area contributed by atoms with Crippen LogP contribution in [0.25, 0.3) is 10.6 Å². The van der Waals surface area contributed by atoms with Crippen molar-refractivity contribution in [2.45, 2.75) is 39.7 Å².